The number of hydrogen-bond acceptors (Lipinski definition) is 3. The van der Waals surface area contributed by atoms with E-state index in [0.29, 0.717) is 18.5 Å². The van der Waals surface area contributed by atoms with Gasteiger partial charge in [0.05, 0.1) is 12.3 Å². The van der Waals surface area contributed by atoms with Crippen molar-refractivity contribution in [1.82, 2.24) is 10.6 Å². The number of rotatable bonds is 6. The highest BCUT2D eigenvalue weighted by Crippen LogP contribution is 2.08. The van der Waals surface area contributed by atoms with E-state index in [1.807, 2.05) is 6.92 Å². The third kappa shape index (κ3) is 5.53. The zero-order valence-corrected chi connectivity index (χ0v) is 12.0. The number of nitrogens with zero attached hydrogens (tertiary/aromatic N) is 1. The molecule has 0 amide bonds. The van der Waals surface area contributed by atoms with Crippen molar-refractivity contribution in [3.05, 3.63) is 12.2 Å². The van der Waals surface area contributed by atoms with Crippen LogP contribution in [-0.2, 0) is 9.84 Å². The summed E-state index contributed by atoms with van der Waals surface area (Å²) in [5, 5.41) is 6.43. The largest absolute Gasteiger partial charge is 0.357 e. The van der Waals surface area contributed by atoms with Gasteiger partial charge in [0.25, 0.3) is 0 Å². The number of guanidine groups is 1. The summed E-state index contributed by atoms with van der Waals surface area (Å²) in [6.45, 7) is 4.73. The standard InChI is InChI=1S/C12H23N3O2S/c1-3-13-12(15-11-7-5-6-8-11)14-9-10-18(16,17)4-2/h5-6,11H,3-4,7-10H2,1-2H3,(H2,13,14,15). The fourth-order valence-electron chi connectivity index (χ4n) is 1.69. The monoisotopic (exact) mass is 273 g/mol. The van der Waals surface area contributed by atoms with Crippen LogP contribution in [0.15, 0.2) is 17.1 Å². The molecular weight excluding hydrogens is 250 g/mol. The molecule has 0 unspecified atom stereocenters. The van der Waals surface area contributed by atoms with E-state index < -0.39 is 9.84 Å². The molecule has 0 aromatic heterocycles. The predicted octanol–water partition coefficient (Wildman–Crippen LogP) is 0.695. The highest BCUT2D eigenvalue weighted by molar-refractivity contribution is 7.91. The maximum atomic E-state index is 11.4. The molecule has 6 heteroatoms. The van der Waals surface area contributed by atoms with Crippen LogP contribution in [0.4, 0.5) is 0 Å². The molecule has 0 saturated carbocycles. The van der Waals surface area contributed by atoms with Crippen molar-refractivity contribution in [2.75, 3.05) is 24.6 Å². The van der Waals surface area contributed by atoms with Crippen molar-refractivity contribution in [3.8, 4) is 0 Å². The van der Waals surface area contributed by atoms with Gasteiger partial charge in [-0.15, -0.1) is 0 Å². The summed E-state index contributed by atoms with van der Waals surface area (Å²) in [6, 6.07) is 0.380. The van der Waals surface area contributed by atoms with E-state index in [1.165, 1.54) is 0 Å². The average molecular weight is 273 g/mol. The van der Waals surface area contributed by atoms with E-state index in [9.17, 15) is 8.42 Å². The Balaban J connectivity index is 2.44. The minimum Gasteiger partial charge on any atom is -0.357 e. The van der Waals surface area contributed by atoms with Crippen LogP contribution in [0.25, 0.3) is 0 Å². The lowest BCUT2D eigenvalue weighted by atomic mass is 10.2. The van der Waals surface area contributed by atoms with Gasteiger partial charge in [-0.3, -0.25) is 4.99 Å². The van der Waals surface area contributed by atoms with Crippen molar-refractivity contribution in [2.24, 2.45) is 4.99 Å². The van der Waals surface area contributed by atoms with Gasteiger partial charge in [-0.1, -0.05) is 19.1 Å². The van der Waals surface area contributed by atoms with Crippen LogP contribution < -0.4 is 10.6 Å². The molecule has 0 aliphatic heterocycles. The molecule has 104 valence electrons. The van der Waals surface area contributed by atoms with Crippen LogP contribution in [0.1, 0.15) is 26.7 Å². The fourth-order valence-corrected chi connectivity index (χ4v) is 2.35. The van der Waals surface area contributed by atoms with Gasteiger partial charge in [0.2, 0.25) is 0 Å². The molecule has 0 aromatic rings. The van der Waals surface area contributed by atoms with Crippen LogP contribution in [0.2, 0.25) is 0 Å². The van der Waals surface area contributed by atoms with E-state index in [4.69, 9.17) is 0 Å². The number of nitrogens with one attached hydrogen (secondary N) is 2. The van der Waals surface area contributed by atoms with E-state index in [0.717, 1.165) is 19.4 Å². The summed E-state index contributed by atoms with van der Waals surface area (Å²) in [5.74, 6) is 1.000. The third-order valence-corrected chi connectivity index (χ3v) is 4.49. The molecule has 0 atom stereocenters. The van der Waals surface area contributed by atoms with Crippen molar-refractivity contribution in [3.63, 3.8) is 0 Å². The maximum absolute atomic E-state index is 11.4. The second-order valence-electron chi connectivity index (χ2n) is 4.28. The van der Waals surface area contributed by atoms with E-state index in [-0.39, 0.29) is 11.5 Å². The smallest absolute Gasteiger partial charge is 0.191 e. The Bertz CT molecular complexity index is 394. The number of aliphatic imine (C=N–C) groups is 1. The molecule has 1 aliphatic rings. The summed E-state index contributed by atoms with van der Waals surface area (Å²) >= 11 is 0. The van der Waals surface area contributed by atoms with E-state index in [2.05, 4.69) is 27.8 Å². The minimum atomic E-state index is -2.93. The second-order valence-corrected chi connectivity index (χ2v) is 6.75. The molecule has 0 radical (unpaired) electrons. The lowest BCUT2D eigenvalue weighted by molar-refractivity contribution is 0.596. The number of hydrogen-bond donors (Lipinski definition) is 2. The van der Waals surface area contributed by atoms with Gasteiger partial charge in [0.15, 0.2) is 15.8 Å². The van der Waals surface area contributed by atoms with Crippen LogP contribution >= 0.6 is 0 Å². The first kappa shape index (κ1) is 15.0. The summed E-state index contributed by atoms with van der Waals surface area (Å²) in [4.78, 5) is 4.30. The molecule has 18 heavy (non-hydrogen) atoms. The Labute approximate surface area is 110 Å². The molecular formula is C12H23N3O2S. The highest BCUT2D eigenvalue weighted by Gasteiger charge is 2.12. The Morgan fingerprint density at radius 3 is 2.56 bits per heavy atom. The average Bonchev–Trinajstić information content (AvgIpc) is 2.82. The van der Waals surface area contributed by atoms with Crippen LogP contribution in [0.3, 0.4) is 0 Å². The molecule has 5 nitrogen and oxygen atoms in total. The molecule has 0 fully saturated rings. The Morgan fingerprint density at radius 1 is 1.33 bits per heavy atom. The van der Waals surface area contributed by atoms with Crippen molar-refractivity contribution >= 4 is 15.8 Å². The Kier molecular flexibility index (Phi) is 6.18. The molecule has 0 saturated heterocycles. The topological polar surface area (TPSA) is 70.6 Å². The highest BCUT2D eigenvalue weighted by atomic mass is 32.2. The summed E-state index contributed by atoms with van der Waals surface area (Å²) < 4.78 is 22.7. The van der Waals surface area contributed by atoms with Crippen molar-refractivity contribution in [2.45, 2.75) is 32.7 Å². The first-order valence-electron chi connectivity index (χ1n) is 6.47. The first-order chi connectivity index (χ1) is 8.57. The quantitative estimate of drug-likeness (QED) is 0.424. The molecule has 1 aliphatic carbocycles. The van der Waals surface area contributed by atoms with Gasteiger partial charge >= 0.3 is 0 Å². The SMILES string of the molecule is CCNC(=NCCS(=O)(=O)CC)NC1CC=CC1. The van der Waals surface area contributed by atoms with Crippen molar-refractivity contribution in [1.29, 1.82) is 0 Å². The predicted molar refractivity (Wildman–Crippen MR) is 75.6 cm³/mol. The van der Waals surface area contributed by atoms with Gasteiger partial charge in [-0.25, -0.2) is 8.42 Å². The molecule has 0 aromatic carbocycles. The van der Waals surface area contributed by atoms with Crippen LogP contribution in [-0.4, -0.2) is 45.0 Å². The molecule has 0 spiro atoms. The second kappa shape index (κ2) is 7.41. The van der Waals surface area contributed by atoms with E-state index >= 15 is 0 Å². The summed E-state index contributed by atoms with van der Waals surface area (Å²) in [7, 11) is -2.93. The van der Waals surface area contributed by atoms with Crippen LogP contribution in [0.5, 0.6) is 0 Å². The first-order valence-corrected chi connectivity index (χ1v) is 8.29. The van der Waals surface area contributed by atoms with Gasteiger partial charge in [0.1, 0.15) is 0 Å². The fraction of sp³-hybridized carbons (Fsp3) is 0.750. The molecule has 0 bridgehead atoms. The zero-order valence-electron chi connectivity index (χ0n) is 11.1. The Morgan fingerprint density at radius 2 is 2.00 bits per heavy atom. The Hall–Kier alpha value is -1.04. The van der Waals surface area contributed by atoms with Gasteiger partial charge < -0.3 is 10.6 Å². The van der Waals surface area contributed by atoms with E-state index in [1.54, 1.807) is 6.92 Å². The minimum absolute atomic E-state index is 0.114. The molecule has 1 rings (SSSR count). The van der Waals surface area contributed by atoms with Gasteiger partial charge in [-0.2, -0.15) is 0 Å². The third-order valence-electron chi connectivity index (χ3n) is 2.80. The maximum Gasteiger partial charge on any atom is 0.191 e. The zero-order chi connectivity index (χ0) is 13.4. The summed E-state index contributed by atoms with van der Waals surface area (Å²) in [6.07, 6.45) is 6.28. The lowest BCUT2D eigenvalue weighted by Gasteiger charge is -2.16. The van der Waals surface area contributed by atoms with Crippen molar-refractivity contribution < 1.29 is 8.42 Å². The van der Waals surface area contributed by atoms with Crippen LogP contribution in [0, 0.1) is 0 Å². The normalized spacial score (nSPS) is 17.1. The lowest BCUT2D eigenvalue weighted by Crippen LogP contribution is -2.42. The van der Waals surface area contributed by atoms with Gasteiger partial charge in [0, 0.05) is 18.3 Å². The molecule has 0 heterocycles. The molecule has 2 N–H and O–H groups in total. The summed E-state index contributed by atoms with van der Waals surface area (Å²) in [5.41, 5.74) is 0. The number of sulfone groups is 1. The van der Waals surface area contributed by atoms with Gasteiger partial charge in [-0.05, 0) is 19.8 Å².